The number of carbonyl (C=O) groups excluding carboxylic acids is 2. The van der Waals surface area contributed by atoms with Gasteiger partial charge in [-0.1, -0.05) is 48.5 Å². The maximum Gasteiger partial charge on any atom is 0.230 e. The van der Waals surface area contributed by atoms with Crippen molar-refractivity contribution in [2.24, 2.45) is 0 Å². The van der Waals surface area contributed by atoms with Gasteiger partial charge in [0.05, 0.1) is 35.2 Å². The highest BCUT2D eigenvalue weighted by atomic mass is 32.2. The minimum Gasteiger partial charge on any atom is -0.387 e. The van der Waals surface area contributed by atoms with E-state index in [-0.39, 0.29) is 35.4 Å². The summed E-state index contributed by atoms with van der Waals surface area (Å²) in [5.41, 5.74) is 3.73. The second kappa shape index (κ2) is 13.8. The van der Waals surface area contributed by atoms with Gasteiger partial charge in [-0.15, -0.1) is 11.3 Å². The summed E-state index contributed by atoms with van der Waals surface area (Å²) in [6.07, 6.45) is 0.981. The van der Waals surface area contributed by atoms with Crippen LogP contribution in [0.15, 0.2) is 78.2 Å². The summed E-state index contributed by atoms with van der Waals surface area (Å²) in [6, 6.07) is 20.5. The molecule has 0 spiro atoms. The number of benzene rings is 3. The number of ketones is 1. The van der Waals surface area contributed by atoms with Crippen molar-refractivity contribution in [1.29, 1.82) is 0 Å². The zero-order valence-electron chi connectivity index (χ0n) is 23.6. The maximum atomic E-state index is 13.1. The van der Waals surface area contributed by atoms with E-state index in [1.807, 2.05) is 43.5 Å². The third-order valence-electron chi connectivity index (χ3n) is 6.56. The lowest BCUT2D eigenvalue weighted by atomic mass is 9.96. The molecule has 42 heavy (non-hydrogen) atoms. The van der Waals surface area contributed by atoms with E-state index in [9.17, 15) is 23.1 Å². The molecule has 0 aliphatic heterocycles. The van der Waals surface area contributed by atoms with Crippen LogP contribution in [0.2, 0.25) is 0 Å². The monoisotopic (exact) mass is 606 g/mol. The first-order valence-electron chi connectivity index (χ1n) is 13.4. The molecule has 3 aromatic carbocycles. The number of nitrogens with zero attached hydrogens (tertiary/aromatic N) is 1. The van der Waals surface area contributed by atoms with Crippen molar-refractivity contribution in [3.8, 4) is 0 Å². The van der Waals surface area contributed by atoms with E-state index >= 15 is 0 Å². The van der Waals surface area contributed by atoms with Crippen LogP contribution >= 0.6 is 11.3 Å². The van der Waals surface area contributed by atoms with Crippen LogP contribution in [0.25, 0.3) is 0 Å². The Bertz CT molecular complexity index is 1640. The molecule has 0 radical (unpaired) electrons. The molecule has 0 aliphatic rings. The SMILES string of the molecule is Cc1nc(CC(=O)Nc2ccc(CCNC(C)C(O)c3ccc(C(=O)c4ccccc4)c(NS(C)(=O)=O)c3)cc2)cs1. The van der Waals surface area contributed by atoms with Crippen LogP contribution in [-0.4, -0.2) is 49.0 Å². The van der Waals surface area contributed by atoms with Crippen LogP contribution in [-0.2, 0) is 27.7 Å². The Hall–Kier alpha value is -3.90. The molecule has 4 N–H and O–H groups in total. The summed E-state index contributed by atoms with van der Waals surface area (Å²) in [5.74, 6) is -0.445. The second-order valence-electron chi connectivity index (χ2n) is 10.1. The van der Waals surface area contributed by atoms with Crippen LogP contribution in [0.5, 0.6) is 0 Å². The molecule has 11 heteroatoms. The zero-order valence-corrected chi connectivity index (χ0v) is 25.3. The molecule has 220 valence electrons. The fourth-order valence-electron chi connectivity index (χ4n) is 4.43. The number of thiazole rings is 1. The van der Waals surface area contributed by atoms with Crippen molar-refractivity contribution in [3.05, 3.63) is 111 Å². The van der Waals surface area contributed by atoms with Gasteiger partial charge in [-0.25, -0.2) is 13.4 Å². The van der Waals surface area contributed by atoms with Gasteiger partial charge in [-0.2, -0.15) is 0 Å². The molecule has 2 unspecified atom stereocenters. The number of hydrogen-bond acceptors (Lipinski definition) is 8. The Morgan fingerprint density at radius 1 is 1.02 bits per heavy atom. The van der Waals surface area contributed by atoms with Crippen molar-refractivity contribution < 1.29 is 23.1 Å². The molecule has 0 fully saturated rings. The molecule has 9 nitrogen and oxygen atoms in total. The molecule has 4 aromatic rings. The number of carbonyl (C=O) groups is 2. The van der Waals surface area contributed by atoms with E-state index in [0.29, 0.717) is 29.8 Å². The molecule has 0 saturated carbocycles. The Balaban J connectivity index is 1.34. The van der Waals surface area contributed by atoms with E-state index in [2.05, 4.69) is 20.3 Å². The number of rotatable bonds is 13. The molecule has 0 bridgehead atoms. The number of aliphatic hydroxyl groups is 1. The lowest BCUT2D eigenvalue weighted by Crippen LogP contribution is -2.33. The fraction of sp³-hybridized carbons (Fsp3) is 0.258. The quantitative estimate of drug-likeness (QED) is 0.165. The number of amides is 1. The van der Waals surface area contributed by atoms with Crippen LogP contribution in [0.4, 0.5) is 11.4 Å². The van der Waals surface area contributed by atoms with Crippen molar-refractivity contribution in [1.82, 2.24) is 10.3 Å². The van der Waals surface area contributed by atoms with Crippen molar-refractivity contribution >= 4 is 44.4 Å². The van der Waals surface area contributed by atoms with E-state index < -0.39 is 16.1 Å². The van der Waals surface area contributed by atoms with Gasteiger partial charge in [0.1, 0.15) is 0 Å². The molecule has 0 saturated heterocycles. The topological polar surface area (TPSA) is 137 Å². The number of nitrogens with one attached hydrogen (secondary N) is 3. The number of hydrogen-bond donors (Lipinski definition) is 4. The molecule has 1 aromatic heterocycles. The van der Waals surface area contributed by atoms with Crippen LogP contribution in [0.3, 0.4) is 0 Å². The van der Waals surface area contributed by atoms with E-state index in [1.54, 1.807) is 36.4 Å². The third kappa shape index (κ3) is 8.80. The van der Waals surface area contributed by atoms with Gasteiger partial charge < -0.3 is 15.7 Å². The molecule has 0 aliphatic carbocycles. The normalized spacial score (nSPS) is 12.9. The minimum atomic E-state index is -3.67. The first-order chi connectivity index (χ1) is 20.0. The van der Waals surface area contributed by atoms with Crippen LogP contribution < -0.4 is 15.4 Å². The predicted molar refractivity (Wildman–Crippen MR) is 167 cm³/mol. The Morgan fingerprint density at radius 2 is 1.74 bits per heavy atom. The molecule has 2 atom stereocenters. The van der Waals surface area contributed by atoms with Gasteiger partial charge in [0, 0.05) is 28.2 Å². The summed E-state index contributed by atoms with van der Waals surface area (Å²) in [6.45, 7) is 4.32. The van der Waals surface area contributed by atoms with Gasteiger partial charge in [0.25, 0.3) is 0 Å². The Morgan fingerprint density at radius 3 is 2.38 bits per heavy atom. The van der Waals surface area contributed by atoms with Crippen molar-refractivity contribution in [2.75, 3.05) is 22.8 Å². The highest BCUT2D eigenvalue weighted by molar-refractivity contribution is 7.92. The lowest BCUT2D eigenvalue weighted by Gasteiger charge is -2.22. The maximum absolute atomic E-state index is 13.1. The van der Waals surface area contributed by atoms with E-state index in [0.717, 1.165) is 22.5 Å². The first kappa shape index (κ1) is 31.0. The smallest absolute Gasteiger partial charge is 0.230 e. The number of aromatic nitrogens is 1. The minimum absolute atomic E-state index is 0.115. The number of anilines is 2. The number of aryl methyl sites for hydroxylation is 1. The predicted octanol–water partition coefficient (Wildman–Crippen LogP) is 4.49. The van der Waals surface area contributed by atoms with Gasteiger partial charge in [-0.05, 0) is 62.2 Å². The average molecular weight is 607 g/mol. The summed E-state index contributed by atoms with van der Waals surface area (Å²) in [5, 5.41) is 20.0. The second-order valence-corrected chi connectivity index (χ2v) is 12.9. The summed E-state index contributed by atoms with van der Waals surface area (Å²) in [7, 11) is -3.67. The summed E-state index contributed by atoms with van der Waals surface area (Å²) >= 11 is 1.52. The fourth-order valence-corrected chi connectivity index (χ4v) is 5.61. The summed E-state index contributed by atoms with van der Waals surface area (Å²) < 4.78 is 26.5. The number of sulfonamides is 1. The molecular weight excluding hydrogens is 572 g/mol. The van der Waals surface area contributed by atoms with Crippen LogP contribution in [0.1, 0.15) is 50.8 Å². The van der Waals surface area contributed by atoms with Gasteiger partial charge in [0.15, 0.2) is 5.78 Å². The molecule has 1 amide bonds. The largest absolute Gasteiger partial charge is 0.387 e. The van der Waals surface area contributed by atoms with Gasteiger partial charge >= 0.3 is 0 Å². The van der Waals surface area contributed by atoms with Crippen LogP contribution in [0, 0.1) is 6.92 Å². The third-order valence-corrected chi connectivity index (χ3v) is 7.97. The standard InChI is InChI=1S/C31H34N4O5S2/c1-20(32-16-15-22-9-12-25(13-10-22)34-29(36)18-26-19-41-21(2)33-26)30(37)24-11-14-27(28(17-24)35-42(3,39)40)31(38)23-7-5-4-6-8-23/h4-14,17,19-20,30,32,35,37H,15-16,18H2,1-3H3,(H,34,36). The Labute approximate surface area is 250 Å². The molecule has 1 heterocycles. The molecule has 4 rings (SSSR count). The van der Waals surface area contributed by atoms with Gasteiger partial charge in [-0.3, -0.25) is 14.3 Å². The average Bonchev–Trinajstić information content (AvgIpc) is 3.36. The Kier molecular flexibility index (Phi) is 10.2. The highest BCUT2D eigenvalue weighted by Crippen LogP contribution is 2.27. The van der Waals surface area contributed by atoms with Gasteiger partial charge in [0.2, 0.25) is 15.9 Å². The van der Waals surface area contributed by atoms with Crippen molar-refractivity contribution in [3.63, 3.8) is 0 Å². The number of aliphatic hydroxyl groups excluding tert-OH is 1. The molecular formula is C31H34N4O5S2. The van der Waals surface area contributed by atoms with E-state index in [4.69, 9.17) is 0 Å². The first-order valence-corrected chi connectivity index (χ1v) is 16.2. The summed E-state index contributed by atoms with van der Waals surface area (Å²) in [4.78, 5) is 29.7. The van der Waals surface area contributed by atoms with E-state index in [1.165, 1.54) is 23.5 Å². The zero-order chi connectivity index (χ0) is 30.3. The highest BCUT2D eigenvalue weighted by Gasteiger charge is 2.21. The lowest BCUT2D eigenvalue weighted by molar-refractivity contribution is -0.115. The van der Waals surface area contributed by atoms with Crippen molar-refractivity contribution in [2.45, 2.75) is 38.8 Å².